The molecule has 0 aliphatic heterocycles. The number of nitro benzene ring substituents is 1. The number of hydrogen-bond acceptors (Lipinski definition) is 7. The molecule has 0 radical (unpaired) electrons. The summed E-state index contributed by atoms with van der Waals surface area (Å²) in [5, 5.41) is 17.4. The highest BCUT2D eigenvalue weighted by Gasteiger charge is 2.09. The minimum absolute atomic E-state index is 0.0363. The molecular weight excluding hydrogens is 340 g/mol. The van der Waals surface area contributed by atoms with Crippen LogP contribution in [0, 0.1) is 10.1 Å². The Kier molecular flexibility index (Phi) is 5.00. The summed E-state index contributed by atoms with van der Waals surface area (Å²) in [5.41, 5.74) is 5.08. The first kappa shape index (κ1) is 16.6. The summed E-state index contributed by atoms with van der Waals surface area (Å²) >= 11 is 1.37. The zero-order chi connectivity index (χ0) is 17.6. The molecule has 1 N–H and O–H groups in total. The third kappa shape index (κ3) is 3.99. The van der Waals surface area contributed by atoms with E-state index in [4.69, 9.17) is 4.74 Å². The molecule has 0 bridgehead atoms. The molecule has 126 valence electrons. The SMILES string of the molecule is COc1ccccc1/C=N/Nc1nc(-c2cccc([N+](=O)[O-])c2)cs1. The number of methoxy groups -OCH3 is 1. The average molecular weight is 354 g/mol. The van der Waals surface area contributed by atoms with Crippen LogP contribution in [0.2, 0.25) is 0 Å². The highest BCUT2D eigenvalue weighted by molar-refractivity contribution is 7.14. The molecule has 0 saturated heterocycles. The van der Waals surface area contributed by atoms with Gasteiger partial charge in [0.25, 0.3) is 5.69 Å². The van der Waals surface area contributed by atoms with Gasteiger partial charge < -0.3 is 4.74 Å². The fourth-order valence-electron chi connectivity index (χ4n) is 2.17. The Morgan fingerprint density at radius 3 is 2.92 bits per heavy atom. The van der Waals surface area contributed by atoms with Crippen molar-refractivity contribution >= 4 is 28.4 Å². The van der Waals surface area contributed by atoms with E-state index in [2.05, 4.69) is 15.5 Å². The Morgan fingerprint density at radius 1 is 1.28 bits per heavy atom. The molecule has 7 nitrogen and oxygen atoms in total. The smallest absolute Gasteiger partial charge is 0.270 e. The molecule has 0 unspecified atom stereocenters. The molecule has 8 heteroatoms. The van der Waals surface area contributed by atoms with Gasteiger partial charge in [-0.05, 0) is 12.1 Å². The summed E-state index contributed by atoms with van der Waals surface area (Å²) in [6.07, 6.45) is 1.65. The molecule has 0 amide bonds. The maximum Gasteiger partial charge on any atom is 0.270 e. The maximum atomic E-state index is 10.9. The predicted octanol–water partition coefficient (Wildman–Crippen LogP) is 4.17. The van der Waals surface area contributed by atoms with Crippen LogP contribution in [0.25, 0.3) is 11.3 Å². The molecule has 0 fully saturated rings. The van der Waals surface area contributed by atoms with E-state index in [9.17, 15) is 10.1 Å². The minimum Gasteiger partial charge on any atom is -0.496 e. The molecule has 1 heterocycles. The van der Waals surface area contributed by atoms with E-state index in [0.29, 0.717) is 16.4 Å². The summed E-state index contributed by atoms with van der Waals surface area (Å²) < 4.78 is 5.25. The molecule has 1 aromatic heterocycles. The summed E-state index contributed by atoms with van der Waals surface area (Å²) in [6, 6.07) is 13.9. The van der Waals surface area contributed by atoms with Crippen molar-refractivity contribution in [3.8, 4) is 17.0 Å². The Labute approximate surface area is 147 Å². The molecule has 2 aromatic carbocycles. The van der Waals surface area contributed by atoms with Crippen LogP contribution in [-0.4, -0.2) is 23.2 Å². The van der Waals surface area contributed by atoms with Crippen LogP contribution in [0.15, 0.2) is 59.0 Å². The number of nitrogens with zero attached hydrogens (tertiary/aromatic N) is 3. The lowest BCUT2D eigenvalue weighted by atomic mass is 10.1. The van der Waals surface area contributed by atoms with E-state index in [0.717, 1.165) is 11.3 Å². The predicted molar refractivity (Wildman–Crippen MR) is 98.4 cm³/mol. The number of thiazole rings is 1. The van der Waals surface area contributed by atoms with Gasteiger partial charge in [-0.3, -0.25) is 15.5 Å². The second-order valence-electron chi connectivity index (χ2n) is 4.96. The largest absolute Gasteiger partial charge is 0.496 e. The molecular formula is C17H14N4O3S. The van der Waals surface area contributed by atoms with Crippen LogP contribution < -0.4 is 10.2 Å². The Bertz CT molecular complexity index is 924. The van der Waals surface area contributed by atoms with Crippen molar-refractivity contribution in [1.29, 1.82) is 0 Å². The van der Waals surface area contributed by atoms with Crippen LogP contribution in [-0.2, 0) is 0 Å². The summed E-state index contributed by atoms with van der Waals surface area (Å²) in [4.78, 5) is 14.8. The number of nitrogens with one attached hydrogen (secondary N) is 1. The first-order chi connectivity index (χ1) is 12.2. The van der Waals surface area contributed by atoms with E-state index < -0.39 is 4.92 Å². The second-order valence-corrected chi connectivity index (χ2v) is 5.82. The molecule has 0 atom stereocenters. The second kappa shape index (κ2) is 7.54. The van der Waals surface area contributed by atoms with Crippen LogP contribution in [0.5, 0.6) is 5.75 Å². The van der Waals surface area contributed by atoms with Gasteiger partial charge in [0.05, 0.1) is 23.9 Å². The number of aromatic nitrogens is 1. The molecule has 3 rings (SSSR count). The van der Waals surface area contributed by atoms with E-state index in [1.54, 1.807) is 25.5 Å². The Balaban J connectivity index is 1.73. The van der Waals surface area contributed by atoms with Crippen LogP contribution in [0.3, 0.4) is 0 Å². The van der Waals surface area contributed by atoms with Crippen molar-refractivity contribution in [3.63, 3.8) is 0 Å². The van der Waals surface area contributed by atoms with Gasteiger partial charge in [0.1, 0.15) is 5.75 Å². The van der Waals surface area contributed by atoms with Crippen molar-refractivity contribution in [1.82, 2.24) is 4.98 Å². The van der Waals surface area contributed by atoms with Gasteiger partial charge in [0, 0.05) is 28.6 Å². The van der Waals surface area contributed by atoms with Gasteiger partial charge in [-0.2, -0.15) is 5.10 Å². The van der Waals surface area contributed by atoms with E-state index in [1.807, 2.05) is 29.6 Å². The lowest BCUT2D eigenvalue weighted by Gasteiger charge is -2.02. The van der Waals surface area contributed by atoms with Crippen LogP contribution in [0.1, 0.15) is 5.56 Å². The van der Waals surface area contributed by atoms with Crippen molar-refractivity contribution in [3.05, 3.63) is 69.6 Å². The van der Waals surface area contributed by atoms with Gasteiger partial charge in [0.2, 0.25) is 5.13 Å². The summed E-state index contributed by atoms with van der Waals surface area (Å²) in [5.74, 6) is 0.726. The summed E-state index contributed by atoms with van der Waals surface area (Å²) in [6.45, 7) is 0. The fourth-order valence-corrected chi connectivity index (χ4v) is 2.84. The number of hydrazone groups is 1. The standard InChI is InChI=1S/C17H14N4O3S/c1-24-16-8-3-2-5-13(16)10-18-20-17-19-15(11-25-17)12-6-4-7-14(9-12)21(22)23/h2-11H,1H3,(H,19,20)/b18-10+. The third-order valence-corrected chi connectivity index (χ3v) is 4.11. The number of anilines is 1. The van der Waals surface area contributed by atoms with Crippen LogP contribution >= 0.6 is 11.3 Å². The Hall–Kier alpha value is -3.26. The highest BCUT2D eigenvalue weighted by Crippen LogP contribution is 2.27. The molecule has 0 aliphatic carbocycles. The molecule has 0 spiro atoms. The van der Waals surface area contributed by atoms with Gasteiger partial charge >= 0.3 is 0 Å². The van der Waals surface area contributed by atoms with Gasteiger partial charge in [-0.15, -0.1) is 11.3 Å². The highest BCUT2D eigenvalue weighted by atomic mass is 32.1. The van der Waals surface area contributed by atoms with Crippen LogP contribution in [0.4, 0.5) is 10.8 Å². The normalized spacial score (nSPS) is 10.8. The van der Waals surface area contributed by atoms with Gasteiger partial charge in [0.15, 0.2) is 0 Å². The Morgan fingerprint density at radius 2 is 2.12 bits per heavy atom. The molecule has 0 aliphatic rings. The zero-order valence-electron chi connectivity index (χ0n) is 13.2. The molecule has 3 aromatic rings. The monoisotopic (exact) mass is 354 g/mol. The number of ether oxygens (including phenoxy) is 1. The number of rotatable bonds is 6. The first-order valence-electron chi connectivity index (χ1n) is 7.30. The summed E-state index contributed by atoms with van der Waals surface area (Å²) in [7, 11) is 1.60. The molecule has 25 heavy (non-hydrogen) atoms. The zero-order valence-corrected chi connectivity index (χ0v) is 14.1. The molecule has 0 saturated carbocycles. The van der Waals surface area contributed by atoms with Crippen molar-refractivity contribution in [2.45, 2.75) is 0 Å². The number of non-ortho nitro benzene ring substituents is 1. The fraction of sp³-hybridized carbons (Fsp3) is 0.0588. The number of hydrogen-bond donors (Lipinski definition) is 1. The van der Waals surface area contributed by atoms with Gasteiger partial charge in [-0.25, -0.2) is 4.98 Å². The number of benzene rings is 2. The average Bonchev–Trinajstić information content (AvgIpc) is 3.11. The third-order valence-electron chi connectivity index (χ3n) is 3.36. The maximum absolute atomic E-state index is 10.9. The number of para-hydroxylation sites is 1. The quantitative estimate of drug-likeness (QED) is 0.407. The van der Waals surface area contributed by atoms with Crippen molar-refractivity contribution in [2.75, 3.05) is 12.5 Å². The lowest BCUT2D eigenvalue weighted by Crippen LogP contribution is -1.93. The van der Waals surface area contributed by atoms with E-state index in [1.165, 1.54) is 23.5 Å². The first-order valence-corrected chi connectivity index (χ1v) is 8.18. The van der Waals surface area contributed by atoms with E-state index in [-0.39, 0.29) is 5.69 Å². The van der Waals surface area contributed by atoms with E-state index >= 15 is 0 Å². The van der Waals surface area contributed by atoms with Crippen molar-refractivity contribution < 1.29 is 9.66 Å². The lowest BCUT2D eigenvalue weighted by molar-refractivity contribution is -0.384. The number of nitro groups is 1. The van der Waals surface area contributed by atoms with Crippen molar-refractivity contribution in [2.24, 2.45) is 5.10 Å². The van der Waals surface area contributed by atoms with Gasteiger partial charge in [-0.1, -0.05) is 24.3 Å². The topological polar surface area (TPSA) is 89.7 Å². The minimum atomic E-state index is -0.424.